The van der Waals surface area contributed by atoms with E-state index in [4.69, 9.17) is 9.72 Å². The van der Waals surface area contributed by atoms with Gasteiger partial charge in [-0.05, 0) is 50.5 Å². The van der Waals surface area contributed by atoms with Crippen molar-refractivity contribution >= 4 is 33.3 Å². The number of ether oxygens (including phenoxy) is 1. The van der Waals surface area contributed by atoms with Crippen molar-refractivity contribution in [3.63, 3.8) is 0 Å². The topological polar surface area (TPSA) is 44.1 Å². The quantitative estimate of drug-likeness (QED) is 0.451. The molecule has 0 spiro atoms. The van der Waals surface area contributed by atoms with Gasteiger partial charge < -0.3 is 4.74 Å². The van der Waals surface area contributed by atoms with Gasteiger partial charge in [0.2, 0.25) is 0 Å². The average molecular weight is 401 g/mol. The van der Waals surface area contributed by atoms with Crippen molar-refractivity contribution in [3.8, 4) is 5.69 Å². The molecule has 0 aliphatic carbocycles. The van der Waals surface area contributed by atoms with Gasteiger partial charge in [-0.2, -0.15) is 0 Å². The van der Waals surface area contributed by atoms with Gasteiger partial charge in [0.15, 0.2) is 5.16 Å². The predicted molar refractivity (Wildman–Crippen MR) is 114 cm³/mol. The van der Waals surface area contributed by atoms with Crippen molar-refractivity contribution < 1.29 is 4.74 Å². The predicted octanol–water partition coefficient (Wildman–Crippen LogP) is 5.11. The van der Waals surface area contributed by atoms with Gasteiger partial charge in [0.25, 0.3) is 5.56 Å². The normalized spacial score (nSPS) is 15.9. The number of thioether (sulfide) groups is 1. The van der Waals surface area contributed by atoms with E-state index in [0.29, 0.717) is 6.61 Å². The molecule has 0 radical (unpaired) electrons. The zero-order chi connectivity index (χ0) is 19.2. The number of nitrogens with zero attached hydrogens (tertiary/aromatic N) is 2. The van der Waals surface area contributed by atoms with E-state index in [9.17, 15) is 4.79 Å². The van der Waals surface area contributed by atoms with E-state index in [1.807, 2.05) is 25.1 Å². The minimum Gasteiger partial charge on any atom is -0.370 e. The number of aromatic nitrogens is 2. The SMILES string of the molecule is CCCSc1nc2sc3c(c2c(=O)n1-c1cccc(C)c1)CC(C)(C)OC3. The highest BCUT2D eigenvalue weighted by Crippen LogP contribution is 2.37. The fraction of sp³-hybridized carbons (Fsp3) is 0.429. The van der Waals surface area contributed by atoms with Crippen molar-refractivity contribution in [3.05, 3.63) is 50.6 Å². The first-order valence-electron chi connectivity index (χ1n) is 9.31. The van der Waals surface area contributed by atoms with E-state index in [0.717, 1.165) is 55.7 Å². The van der Waals surface area contributed by atoms with Gasteiger partial charge in [-0.15, -0.1) is 11.3 Å². The van der Waals surface area contributed by atoms with Crippen LogP contribution >= 0.6 is 23.1 Å². The molecule has 4 nitrogen and oxygen atoms in total. The zero-order valence-electron chi connectivity index (χ0n) is 16.2. The summed E-state index contributed by atoms with van der Waals surface area (Å²) in [6.07, 6.45) is 1.78. The van der Waals surface area contributed by atoms with E-state index >= 15 is 0 Å². The van der Waals surface area contributed by atoms with Crippen LogP contribution in [0.25, 0.3) is 15.9 Å². The van der Waals surface area contributed by atoms with Crippen LogP contribution in [0.1, 0.15) is 43.2 Å². The molecule has 3 aromatic rings. The summed E-state index contributed by atoms with van der Waals surface area (Å²) >= 11 is 3.26. The van der Waals surface area contributed by atoms with Crippen molar-refractivity contribution in [1.82, 2.24) is 9.55 Å². The Bertz CT molecular complexity index is 1070. The summed E-state index contributed by atoms with van der Waals surface area (Å²) in [5.41, 5.74) is 2.93. The molecule has 0 fully saturated rings. The van der Waals surface area contributed by atoms with Crippen LogP contribution in [-0.2, 0) is 17.8 Å². The van der Waals surface area contributed by atoms with Gasteiger partial charge in [-0.3, -0.25) is 9.36 Å². The maximum absolute atomic E-state index is 13.6. The standard InChI is InChI=1S/C21H24N2O2S2/c1-5-9-26-20-22-18-17(15-11-21(3,4)25-12-16(15)27-18)19(24)23(20)14-8-6-7-13(2)10-14/h6-8,10H,5,9,11-12H2,1-4H3. The highest BCUT2D eigenvalue weighted by molar-refractivity contribution is 7.99. The first-order chi connectivity index (χ1) is 12.9. The third kappa shape index (κ3) is 3.46. The van der Waals surface area contributed by atoms with Crippen LogP contribution in [0.3, 0.4) is 0 Å². The number of hydrogen-bond donors (Lipinski definition) is 0. The first-order valence-corrected chi connectivity index (χ1v) is 11.1. The monoisotopic (exact) mass is 400 g/mol. The summed E-state index contributed by atoms with van der Waals surface area (Å²) in [6, 6.07) is 8.09. The first kappa shape index (κ1) is 18.7. The average Bonchev–Trinajstić information content (AvgIpc) is 2.96. The number of hydrogen-bond acceptors (Lipinski definition) is 5. The lowest BCUT2D eigenvalue weighted by atomic mass is 9.94. The maximum atomic E-state index is 13.6. The molecular weight excluding hydrogens is 376 g/mol. The highest BCUT2D eigenvalue weighted by Gasteiger charge is 2.31. The number of benzene rings is 1. The van der Waals surface area contributed by atoms with Crippen LogP contribution in [0.4, 0.5) is 0 Å². The number of rotatable bonds is 4. The summed E-state index contributed by atoms with van der Waals surface area (Å²) in [5.74, 6) is 0.936. The van der Waals surface area contributed by atoms with E-state index in [-0.39, 0.29) is 11.2 Å². The molecule has 0 unspecified atom stereocenters. The molecule has 1 aliphatic heterocycles. The van der Waals surface area contributed by atoms with Gasteiger partial charge in [0.1, 0.15) is 4.83 Å². The van der Waals surface area contributed by atoms with Crippen LogP contribution in [-0.4, -0.2) is 20.9 Å². The molecule has 0 bridgehead atoms. The van der Waals surface area contributed by atoms with Crippen LogP contribution in [0.5, 0.6) is 0 Å². The minimum atomic E-state index is -0.253. The molecule has 0 N–H and O–H groups in total. The number of fused-ring (bicyclic) bond motifs is 3. The third-order valence-corrected chi connectivity index (χ3v) is 7.01. The highest BCUT2D eigenvalue weighted by atomic mass is 32.2. The molecule has 4 rings (SSSR count). The second kappa shape index (κ2) is 7.08. The van der Waals surface area contributed by atoms with E-state index in [1.54, 1.807) is 27.7 Å². The fourth-order valence-electron chi connectivity index (χ4n) is 3.46. The van der Waals surface area contributed by atoms with Crippen molar-refractivity contribution in [2.24, 2.45) is 0 Å². The van der Waals surface area contributed by atoms with Crippen LogP contribution in [0, 0.1) is 6.92 Å². The molecule has 0 atom stereocenters. The van der Waals surface area contributed by atoms with Crippen molar-refractivity contribution in [2.45, 2.75) is 57.9 Å². The molecule has 6 heteroatoms. The summed E-state index contributed by atoms with van der Waals surface area (Å²) in [4.78, 5) is 20.5. The molecule has 0 amide bonds. The molecule has 1 aromatic carbocycles. The summed E-state index contributed by atoms with van der Waals surface area (Å²) in [7, 11) is 0. The Morgan fingerprint density at radius 2 is 2.19 bits per heavy atom. The van der Waals surface area contributed by atoms with Gasteiger partial charge in [-0.25, -0.2) is 4.98 Å². The Morgan fingerprint density at radius 3 is 2.93 bits per heavy atom. The Morgan fingerprint density at radius 1 is 1.37 bits per heavy atom. The fourth-order valence-corrected chi connectivity index (χ4v) is 5.47. The molecule has 2 aromatic heterocycles. The largest absolute Gasteiger partial charge is 0.370 e. The molecule has 0 saturated heterocycles. The van der Waals surface area contributed by atoms with Gasteiger partial charge >= 0.3 is 0 Å². The summed E-state index contributed by atoms with van der Waals surface area (Å²) in [5, 5.41) is 1.55. The molecule has 1 aliphatic rings. The lowest BCUT2D eigenvalue weighted by Crippen LogP contribution is -2.32. The van der Waals surface area contributed by atoms with Crippen molar-refractivity contribution in [2.75, 3.05) is 5.75 Å². The van der Waals surface area contributed by atoms with E-state index in [2.05, 4.69) is 26.8 Å². The maximum Gasteiger partial charge on any atom is 0.267 e. The van der Waals surface area contributed by atoms with Crippen LogP contribution < -0.4 is 5.56 Å². The number of thiophene rings is 1. The van der Waals surface area contributed by atoms with Crippen molar-refractivity contribution in [1.29, 1.82) is 0 Å². The zero-order valence-corrected chi connectivity index (χ0v) is 17.8. The Balaban J connectivity index is 1.99. The Hall–Kier alpha value is -1.63. The molecule has 0 saturated carbocycles. The Kier molecular flexibility index (Phi) is 4.91. The molecule has 27 heavy (non-hydrogen) atoms. The molecular formula is C21H24N2O2S2. The lowest BCUT2D eigenvalue weighted by molar-refractivity contribution is -0.0379. The van der Waals surface area contributed by atoms with Gasteiger partial charge in [0, 0.05) is 17.1 Å². The second-order valence-electron chi connectivity index (χ2n) is 7.63. The number of aryl methyl sites for hydroxylation is 1. The van der Waals surface area contributed by atoms with Gasteiger partial charge in [0.05, 0.1) is 23.3 Å². The molecule has 3 heterocycles. The van der Waals surface area contributed by atoms with Crippen LogP contribution in [0.2, 0.25) is 0 Å². The smallest absolute Gasteiger partial charge is 0.267 e. The third-order valence-electron chi connectivity index (χ3n) is 4.77. The summed E-state index contributed by atoms with van der Waals surface area (Å²) in [6.45, 7) is 8.91. The lowest BCUT2D eigenvalue weighted by Gasteiger charge is -2.29. The Labute approximate surface area is 167 Å². The molecule has 142 valence electrons. The van der Waals surface area contributed by atoms with E-state index < -0.39 is 0 Å². The van der Waals surface area contributed by atoms with E-state index in [1.165, 1.54) is 0 Å². The van der Waals surface area contributed by atoms with Crippen LogP contribution in [0.15, 0.2) is 34.2 Å². The minimum absolute atomic E-state index is 0.0411. The second-order valence-corrected chi connectivity index (χ2v) is 9.78. The van der Waals surface area contributed by atoms with Gasteiger partial charge in [-0.1, -0.05) is 30.8 Å². The summed E-state index contributed by atoms with van der Waals surface area (Å²) < 4.78 is 7.75.